The van der Waals surface area contributed by atoms with Crippen molar-refractivity contribution >= 4 is 53.1 Å². The van der Waals surface area contributed by atoms with E-state index in [4.69, 9.17) is 0 Å². The molecule has 11 aromatic rings. The van der Waals surface area contributed by atoms with E-state index in [1.54, 1.807) is 0 Å². The van der Waals surface area contributed by atoms with Crippen LogP contribution in [0.2, 0.25) is 0 Å². The fourth-order valence-electron chi connectivity index (χ4n) is 8.71. The van der Waals surface area contributed by atoms with Gasteiger partial charge in [0.05, 0.1) is 0 Å². The van der Waals surface area contributed by atoms with Crippen LogP contribution < -0.4 is 0 Å². The van der Waals surface area contributed by atoms with Crippen LogP contribution in [0.5, 0.6) is 0 Å². The van der Waals surface area contributed by atoms with Gasteiger partial charge in [-0.1, -0.05) is 176 Å². The van der Waals surface area contributed by atoms with Crippen LogP contribution in [-0.4, -0.2) is 0 Å². The molecule has 0 bridgehead atoms. The van der Waals surface area contributed by atoms with E-state index in [-0.39, 0.29) is 0 Å². The molecule has 0 aliphatic carbocycles. The lowest BCUT2D eigenvalue weighted by molar-refractivity contribution is 1.59. The minimum Gasteiger partial charge on any atom is -0.135 e. The van der Waals surface area contributed by atoms with Crippen molar-refractivity contribution in [1.29, 1.82) is 0 Å². The molecule has 57 heavy (non-hydrogen) atoms. The molecular weight excluding hydrogens is 705 g/mol. The van der Waals surface area contributed by atoms with E-state index in [9.17, 15) is 0 Å². The third kappa shape index (κ3) is 5.92. The van der Waals surface area contributed by atoms with Crippen molar-refractivity contribution < 1.29 is 0 Å². The fraction of sp³-hybridized carbons (Fsp3) is 0. The monoisotopic (exact) mass is 740 g/mol. The Balaban J connectivity index is 1.12. The Morgan fingerprint density at radius 3 is 1.09 bits per heavy atom. The number of thiophene rings is 1. The second-order valence-corrected chi connectivity index (χ2v) is 15.9. The van der Waals surface area contributed by atoms with Gasteiger partial charge in [0.15, 0.2) is 0 Å². The first-order valence-corrected chi connectivity index (χ1v) is 20.4. The van der Waals surface area contributed by atoms with Gasteiger partial charge in [0, 0.05) is 20.2 Å². The smallest absolute Gasteiger partial charge is 0.0355 e. The van der Waals surface area contributed by atoms with Gasteiger partial charge >= 0.3 is 0 Å². The summed E-state index contributed by atoms with van der Waals surface area (Å²) in [5, 5.41) is 7.65. The van der Waals surface area contributed by atoms with Gasteiger partial charge in [-0.15, -0.1) is 11.3 Å². The van der Waals surface area contributed by atoms with Crippen molar-refractivity contribution in [2.75, 3.05) is 0 Å². The molecule has 10 aromatic carbocycles. The lowest BCUT2D eigenvalue weighted by atomic mass is 9.83. The van der Waals surface area contributed by atoms with Crippen LogP contribution >= 0.6 is 11.3 Å². The first kappa shape index (κ1) is 33.3. The molecule has 1 aromatic heterocycles. The van der Waals surface area contributed by atoms with Crippen LogP contribution in [0.4, 0.5) is 0 Å². The molecule has 0 fully saturated rings. The molecule has 0 amide bonds. The Bertz CT molecular complexity index is 3270. The lowest BCUT2D eigenvalue weighted by Crippen LogP contribution is -1.93. The van der Waals surface area contributed by atoms with Gasteiger partial charge in [-0.2, -0.15) is 0 Å². The van der Waals surface area contributed by atoms with Crippen molar-refractivity contribution in [1.82, 2.24) is 0 Å². The summed E-state index contributed by atoms with van der Waals surface area (Å²) in [6, 6.07) is 80.3. The topological polar surface area (TPSA) is 0 Å². The molecule has 0 saturated heterocycles. The quantitative estimate of drug-likeness (QED) is 0.149. The van der Waals surface area contributed by atoms with Gasteiger partial charge < -0.3 is 0 Å². The molecule has 1 heterocycles. The van der Waals surface area contributed by atoms with Crippen LogP contribution in [0, 0.1) is 0 Å². The zero-order valence-electron chi connectivity index (χ0n) is 31.2. The molecule has 1 heteroatoms. The maximum atomic E-state index is 2.43. The molecular formula is C56H36S. The number of hydrogen-bond acceptors (Lipinski definition) is 1. The summed E-state index contributed by atoms with van der Waals surface area (Å²) in [4.78, 5) is 0. The van der Waals surface area contributed by atoms with Crippen LogP contribution in [-0.2, 0) is 0 Å². The molecule has 0 radical (unpaired) electrons. The summed E-state index contributed by atoms with van der Waals surface area (Å²) in [6.07, 6.45) is 0. The Kier molecular flexibility index (Phi) is 8.12. The molecule has 0 saturated carbocycles. The lowest BCUT2D eigenvalue weighted by Gasteiger charge is -2.20. The van der Waals surface area contributed by atoms with E-state index in [2.05, 4.69) is 218 Å². The highest BCUT2D eigenvalue weighted by atomic mass is 32.1. The van der Waals surface area contributed by atoms with Crippen molar-refractivity contribution in [2.45, 2.75) is 0 Å². The second kappa shape index (κ2) is 13.9. The number of hydrogen-bond donors (Lipinski definition) is 0. The Labute approximate surface area is 336 Å². The summed E-state index contributed by atoms with van der Waals surface area (Å²) in [6.45, 7) is 0. The first-order valence-electron chi connectivity index (χ1n) is 19.6. The molecule has 0 aliphatic rings. The zero-order valence-corrected chi connectivity index (χ0v) is 32.0. The Hall–Kier alpha value is -7.06. The highest BCUT2D eigenvalue weighted by Crippen LogP contribution is 2.46. The van der Waals surface area contributed by atoms with Crippen molar-refractivity contribution in [2.24, 2.45) is 0 Å². The van der Waals surface area contributed by atoms with Gasteiger partial charge in [-0.25, -0.2) is 0 Å². The van der Waals surface area contributed by atoms with Gasteiger partial charge in [0.2, 0.25) is 0 Å². The van der Waals surface area contributed by atoms with Crippen molar-refractivity contribution in [3.05, 3.63) is 218 Å². The van der Waals surface area contributed by atoms with Gasteiger partial charge in [-0.3, -0.25) is 0 Å². The van der Waals surface area contributed by atoms with E-state index in [0.717, 1.165) is 0 Å². The van der Waals surface area contributed by atoms with Crippen molar-refractivity contribution in [3.63, 3.8) is 0 Å². The van der Waals surface area contributed by atoms with E-state index in [0.29, 0.717) is 0 Å². The normalized spacial score (nSPS) is 11.5. The van der Waals surface area contributed by atoms with Crippen LogP contribution in [0.3, 0.4) is 0 Å². The van der Waals surface area contributed by atoms with E-state index in [1.807, 2.05) is 11.3 Å². The van der Waals surface area contributed by atoms with Crippen LogP contribution in [0.25, 0.3) is 108 Å². The predicted octanol–water partition coefficient (Wildman–Crippen LogP) is 16.4. The number of rotatable bonds is 6. The Morgan fingerprint density at radius 2 is 0.561 bits per heavy atom. The minimum absolute atomic E-state index is 1.20. The SMILES string of the molecule is c1ccc(-c2cccc(-c3ccc4c(-c5ccccc5)c5cc(-c6cccc(-c7ccc8sc9ccccc9c8c7)c6)ccc5c(-c5ccccc5)c4c3)c2)cc1. The highest BCUT2D eigenvalue weighted by Gasteiger charge is 2.19. The molecule has 0 aliphatic heterocycles. The van der Waals surface area contributed by atoms with Crippen LogP contribution in [0.1, 0.15) is 0 Å². The second-order valence-electron chi connectivity index (χ2n) is 14.8. The summed E-state index contributed by atoms with van der Waals surface area (Å²) in [7, 11) is 0. The standard InChI is InChI=1S/C56H36S/c1-4-14-37(15-5-1)40-20-12-21-41(32-40)44-26-29-48-51(35-44)55(38-16-6-2-7-17-38)49-30-27-45(36-52(49)56(48)39-18-8-3-9-19-39)42-22-13-23-43(33-42)46-28-31-54-50(34-46)47-24-10-11-25-53(47)57-54/h1-36H. The molecule has 0 spiro atoms. The average molecular weight is 741 g/mol. The predicted molar refractivity (Wildman–Crippen MR) is 247 cm³/mol. The maximum Gasteiger partial charge on any atom is 0.0355 e. The van der Waals surface area contributed by atoms with E-state index >= 15 is 0 Å². The van der Waals surface area contributed by atoms with Gasteiger partial charge in [0.1, 0.15) is 0 Å². The van der Waals surface area contributed by atoms with E-state index in [1.165, 1.54) is 108 Å². The highest BCUT2D eigenvalue weighted by molar-refractivity contribution is 7.25. The largest absolute Gasteiger partial charge is 0.135 e. The van der Waals surface area contributed by atoms with Gasteiger partial charge in [-0.05, 0) is 131 Å². The molecule has 11 rings (SSSR count). The van der Waals surface area contributed by atoms with Crippen molar-refractivity contribution in [3.8, 4) is 66.8 Å². The molecule has 0 unspecified atom stereocenters. The molecule has 266 valence electrons. The third-order valence-electron chi connectivity index (χ3n) is 11.5. The summed E-state index contributed by atoms with van der Waals surface area (Å²) >= 11 is 1.87. The van der Waals surface area contributed by atoms with Crippen LogP contribution in [0.15, 0.2) is 218 Å². The molecule has 0 atom stereocenters. The Morgan fingerprint density at radius 1 is 0.193 bits per heavy atom. The minimum atomic E-state index is 1.20. The number of benzene rings is 10. The summed E-state index contributed by atoms with van der Waals surface area (Å²) in [5.41, 5.74) is 14.7. The number of fused-ring (bicyclic) bond motifs is 5. The maximum absolute atomic E-state index is 2.43. The van der Waals surface area contributed by atoms with E-state index < -0.39 is 0 Å². The summed E-state index contributed by atoms with van der Waals surface area (Å²) < 4.78 is 2.66. The molecule has 0 N–H and O–H groups in total. The molecule has 0 nitrogen and oxygen atoms in total. The third-order valence-corrected chi connectivity index (χ3v) is 12.6. The first-order chi connectivity index (χ1) is 28.2. The van der Waals surface area contributed by atoms with Gasteiger partial charge in [0.25, 0.3) is 0 Å². The zero-order chi connectivity index (χ0) is 37.7. The summed E-state index contributed by atoms with van der Waals surface area (Å²) in [5.74, 6) is 0. The fourth-order valence-corrected chi connectivity index (χ4v) is 9.80. The average Bonchev–Trinajstić information content (AvgIpc) is 3.67.